The molecular weight excluding hydrogens is 396 g/mol. The largest absolute Gasteiger partial charge is 0.411 e. The minimum absolute atomic E-state index is 0.0827. The van der Waals surface area contributed by atoms with Crippen LogP contribution in [0.5, 0.6) is 0 Å². The van der Waals surface area contributed by atoms with E-state index in [1.54, 1.807) is 30.3 Å². The van der Waals surface area contributed by atoms with E-state index in [1.165, 1.54) is 24.3 Å². The van der Waals surface area contributed by atoms with Crippen molar-refractivity contribution in [2.75, 3.05) is 6.26 Å². The highest BCUT2D eigenvalue weighted by Gasteiger charge is 2.61. The van der Waals surface area contributed by atoms with E-state index in [2.05, 4.69) is 0 Å². The minimum atomic E-state index is -3.43. The second-order valence-corrected chi connectivity index (χ2v) is 8.56. The van der Waals surface area contributed by atoms with Gasteiger partial charge in [-0.15, -0.1) is 0 Å². The molecule has 0 saturated carbocycles. The number of benzene rings is 2. The van der Waals surface area contributed by atoms with E-state index in [9.17, 15) is 22.8 Å². The fourth-order valence-corrected chi connectivity index (χ4v) is 3.83. The Morgan fingerprint density at radius 2 is 1.34 bits per heavy atom. The molecule has 2 aromatic carbocycles. The second-order valence-electron chi connectivity index (χ2n) is 6.55. The lowest BCUT2D eigenvalue weighted by molar-refractivity contribution is -0.206. The molecule has 0 fully saturated rings. The Balaban J connectivity index is 2.26. The van der Waals surface area contributed by atoms with Crippen LogP contribution in [0, 0.1) is 0 Å². The number of carbonyl (C=O) groups excluding carboxylic acids is 3. The number of sulfone groups is 1. The van der Waals surface area contributed by atoms with Crippen LogP contribution in [-0.4, -0.2) is 38.2 Å². The number of esters is 2. The monoisotopic (exact) mass is 414 g/mol. The summed E-state index contributed by atoms with van der Waals surface area (Å²) < 4.78 is 33.9. The quantitative estimate of drug-likeness (QED) is 0.547. The maximum atomic E-state index is 13.1. The van der Waals surface area contributed by atoms with Crippen LogP contribution in [0.25, 0.3) is 11.1 Å². The topological polar surface area (TPSA) is 104 Å². The molecule has 0 heterocycles. The first-order valence-corrected chi connectivity index (χ1v) is 10.5. The summed E-state index contributed by atoms with van der Waals surface area (Å²) in [6.07, 6.45) is 1.07. The molecule has 8 heteroatoms. The number of carbonyl (C=O) groups is 3. The van der Waals surface area contributed by atoms with Crippen LogP contribution in [0.3, 0.4) is 0 Å². The van der Waals surface area contributed by atoms with E-state index in [-0.39, 0.29) is 16.0 Å². The molecule has 1 aliphatic carbocycles. The van der Waals surface area contributed by atoms with Crippen molar-refractivity contribution in [1.82, 2.24) is 0 Å². The fourth-order valence-electron chi connectivity index (χ4n) is 3.20. The Morgan fingerprint density at radius 3 is 1.79 bits per heavy atom. The summed E-state index contributed by atoms with van der Waals surface area (Å²) in [6, 6.07) is 14.3. The highest BCUT2D eigenvalue weighted by Crippen LogP contribution is 2.50. The summed E-state index contributed by atoms with van der Waals surface area (Å²) in [5, 5.41) is 0. The predicted molar refractivity (Wildman–Crippen MR) is 104 cm³/mol. The molecule has 0 saturated heterocycles. The number of hydrogen-bond acceptors (Lipinski definition) is 7. The first-order chi connectivity index (χ1) is 13.6. The van der Waals surface area contributed by atoms with Gasteiger partial charge in [0.05, 0.1) is 10.5 Å². The lowest BCUT2D eigenvalue weighted by atomic mass is 9.73. The van der Waals surface area contributed by atoms with Gasteiger partial charge in [-0.3, -0.25) is 14.4 Å². The second kappa shape index (κ2) is 7.29. The molecule has 29 heavy (non-hydrogen) atoms. The minimum Gasteiger partial charge on any atom is -0.411 e. The van der Waals surface area contributed by atoms with Crippen molar-refractivity contribution in [2.45, 2.75) is 24.5 Å². The van der Waals surface area contributed by atoms with Gasteiger partial charge in [0.15, 0.2) is 9.84 Å². The molecule has 1 aliphatic rings. The van der Waals surface area contributed by atoms with Crippen LogP contribution >= 0.6 is 0 Å². The molecule has 7 nitrogen and oxygen atoms in total. The van der Waals surface area contributed by atoms with Gasteiger partial charge in [-0.1, -0.05) is 42.5 Å². The summed E-state index contributed by atoms with van der Waals surface area (Å²) in [7, 11) is -3.43. The Bertz CT molecular complexity index is 1110. The van der Waals surface area contributed by atoms with Gasteiger partial charge in [0.1, 0.15) is 0 Å². The fraction of sp³-hybridized carbons (Fsp3) is 0.190. The Labute approximate surface area is 167 Å². The smallest absolute Gasteiger partial charge is 0.349 e. The standard InChI is InChI=1S/C21H18O7S/c1-13(22)27-21(28-14(2)23)19(16-9-11-17(12-10-16)29(3,25)26)18(20(21)24)15-7-5-4-6-8-15/h4-12H,1-3H3. The highest BCUT2D eigenvalue weighted by atomic mass is 32.2. The molecule has 0 N–H and O–H groups in total. The predicted octanol–water partition coefficient (Wildman–Crippen LogP) is 2.41. The molecule has 0 atom stereocenters. The van der Waals surface area contributed by atoms with Crippen molar-refractivity contribution in [3.8, 4) is 0 Å². The van der Waals surface area contributed by atoms with Crippen LogP contribution in [-0.2, 0) is 33.7 Å². The Hall–Kier alpha value is -3.26. The van der Waals surface area contributed by atoms with E-state index >= 15 is 0 Å². The molecule has 0 aromatic heterocycles. The van der Waals surface area contributed by atoms with Gasteiger partial charge in [-0.25, -0.2) is 8.42 Å². The zero-order chi connectivity index (χ0) is 21.4. The number of ketones is 1. The molecule has 3 rings (SSSR count). The van der Waals surface area contributed by atoms with Crippen molar-refractivity contribution in [3.63, 3.8) is 0 Å². The van der Waals surface area contributed by atoms with E-state index in [4.69, 9.17) is 9.47 Å². The number of ether oxygens (including phenoxy) is 2. The molecule has 2 aromatic rings. The van der Waals surface area contributed by atoms with Gasteiger partial charge < -0.3 is 9.47 Å². The van der Waals surface area contributed by atoms with Crippen molar-refractivity contribution in [2.24, 2.45) is 0 Å². The van der Waals surface area contributed by atoms with Crippen LogP contribution in [0.1, 0.15) is 25.0 Å². The van der Waals surface area contributed by atoms with Gasteiger partial charge in [0.25, 0.3) is 5.78 Å². The summed E-state index contributed by atoms with van der Waals surface area (Å²) in [5.41, 5.74) is 1.34. The van der Waals surface area contributed by atoms with Crippen molar-refractivity contribution >= 4 is 38.7 Å². The zero-order valence-electron chi connectivity index (χ0n) is 16.0. The first kappa shape index (κ1) is 20.5. The van der Waals surface area contributed by atoms with Gasteiger partial charge in [0.2, 0.25) is 0 Å². The third kappa shape index (κ3) is 3.71. The van der Waals surface area contributed by atoms with Crippen LogP contribution in [0.2, 0.25) is 0 Å². The van der Waals surface area contributed by atoms with Crippen LogP contribution < -0.4 is 0 Å². The van der Waals surface area contributed by atoms with Crippen molar-refractivity contribution in [3.05, 3.63) is 65.7 Å². The first-order valence-electron chi connectivity index (χ1n) is 8.61. The lowest BCUT2D eigenvalue weighted by Gasteiger charge is -2.41. The summed E-state index contributed by atoms with van der Waals surface area (Å²) in [6.45, 7) is 2.20. The number of hydrogen-bond donors (Lipinski definition) is 0. The molecular formula is C21H18O7S. The average Bonchev–Trinajstić information content (AvgIpc) is 2.64. The lowest BCUT2D eigenvalue weighted by Crippen LogP contribution is -2.55. The van der Waals surface area contributed by atoms with Gasteiger partial charge in [0, 0.05) is 25.7 Å². The number of rotatable bonds is 5. The summed E-state index contributed by atoms with van der Waals surface area (Å²) in [5.74, 6) is -4.50. The Kier molecular flexibility index (Phi) is 5.15. The SMILES string of the molecule is CC(=O)OC1(OC(C)=O)C(=O)C(c2ccccc2)=C1c1ccc(S(C)(=O)=O)cc1. The molecule has 0 bridgehead atoms. The van der Waals surface area contributed by atoms with Gasteiger partial charge in [-0.2, -0.15) is 0 Å². The van der Waals surface area contributed by atoms with Crippen LogP contribution in [0.15, 0.2) is 59.5 Å². The van der Waals surface area contributed by atoms with Crippen LogP contribution in [0.4, 0.5) is 0 Å². The van der Waals surface area contributed by atoms with E-state index in [1.807, 2.05) is 0 Å². The maximum absolute atomic E-state index is 13.1. The molecule has 0 radical (unpaired) electrons. The van der Waals surface area contributed by atoms with Gasteiger partial charge in [-0.05, 0) is 23.3 Å². The highest BCUT2D eigenvalue weighted by molar-refractivity contribution is 7.90. The van der Waals surface area contributed by atoms with Crippen molar-refractivity contribution in [1.29, 1.82) is 0 Å². The summed E-state index contributed by atoms with van der Waals surface area (Å²) >= 11 is 0. The van der Waals surface area contributed by atoms with Gasteiger partial charge >= 0.3 is 17.7 Å². The van der Waals surface area contributed by atoms with E-state index in [0.717, 1.165) is 20.1 Å². The molecule has 0 unspecified atom stereocenters. The van der Waals surface area contributed by atoms with E-state index in [0.29, 0.717) is 11.1 Å². The average molecular weight is 414 g/mol. The summed E-state index contributed by atoms with van der Waals surface area (Å²) in [4.78, 5) is 36.6. The normalized spacial score (nSPS) is 15.5. The Morgan fingerprint density at radius 1 is 0.828 bits per heavy atom. The molecule has 0 amide bonds. The van der Waals surface area contributed by atoms with Crippen molar-refractivity contribution < 1.29 is 32.3 Å². The number of Topliss-reactive ketones (excluding diaryl/α,β-unsaturated/α-hetero) is 1. The molecule has 0 spiro atoms. The maximum Gasteiger partial charge on any atom is 0.349 e. The van der Waals surface area contributed by atoms with E-state index < -0.39 is 33.3 Å². The molecule has 150 valence electrons. The third-order valence-electron chi connectivity index (χ3n) is 4.31. The zero-order valence-corrected chi connectivity index (χ0v) is 16.8. The molecule has 0 aliphatic heterocycles. The third-order valence-corrected chi connectivity index (χ3v) is 5.44.